The zero-order valence-corrected chi connectivity index (χ0v) is 6.63. The second kappa shape index (κ2) is 3.51. The van der Waals surface area contributed by atoms with Gasteiger partial charge < -0.3 is 4.74 Å². The number of rotatable bonds is 1. The second-order valence-electron chi connectivity index (χ2n) is 2.85. The van der Waals surface area contributed by atoms with Crippen LogP contribution in [0.3, 0.4) is 0 Å². The van der Waals surface area contributed by atoms with Gasteiger partial charge in [-0.1, -0.05) is 0 Å². The molecule has 0 aromatic heterocycles. The van der Waals surface area contributed by atoms with E-state index in [-0.39, 0.29) is 17.9 Å². The molecule has 0 saturated heterocycles. The van der Waals surface area contributed by atoms with Crippen LogP contribution >= 0.6 is 0 Å². The number of ketones is 1. The molecule has 1 fully saturated rings. The van der Waals surface area contributed by atoms with E-state index < -0.39 is 0 Å². The summed E-state index contributed by atoms with van der Waals surface area (Å²) in [6, 6.07) is 0. The van der Waals surface area contributed by atoms with Crippen LogP contribution in [0.2, 0.25) is 0 Å². The first kappa shape index (κ1) is 8.24. The average molecular weight is 156 g/mol. The third-order valence-electron chi connectivity index (χ3n) is 1.82. The fraction of sp³-hybridized carbons (Fsp3) is 0.750. The van der Waals surface area contributed by atoms with Gasteiger partial charge in [-0.25, -0.2) is 0 Å². The predicted octanol–water partition coefficient (Wildman–Crippen LogP) is 1.06. The van der Waals surface area contributed by atoms with E-state index in [1.807, 2.05) is 0 Å². The highest BCUT2D eigenvalue weighted by molar-refractivity contribution is 5.79. The van der Waals surface area contributed by atoms with Crippen molar-refractivity contribution in [3.05, 3.63) is 0 Å². The molecule has 3 heteroatoms. The van der Waals surface area contributed by atoms with Crippen LogP contribution in [0.5, 0.6) is 0 Å². The molecule has 0 radical (unpaired) electrons. The predicted molar refractivity (Wildman–Crippen MR) is 39.0 cm³/mol. The molecule has 1 rings (SSSR count). The van der Waals surface area contributed by atoms with E-state index in [1.54, 1.807) is 0 Å². The molecule has 0 N–H and O–H groups in total. The Balaban J connectivity index is 2.28. The summed E-state index contributed by atoms with van der Waals surface area (Å²) in [5.41, 5.74) is 0. The van der Waals surface area contributed by atoms with Gasteiger partial charge >= 0.3 is 5.97 Å². The summed E-state index contributed by atoms with van der Waals surface area (Å²) in [4.78, 5) is 21.2. The molecule has 0 heterocycles. The molecule has 0 unspecified atom stereocenters. The van der Waals surface area contributed by atoms with Crippen molar-refractivity contribution in [2.75, 3.05) is 0 Å². The van der Waals surface area contributed by atoms with Gasteiger partial charge in [0.1, 0.15) is 11.9 Å². The molecular weight excluding hydrogens is 144 g/mol. The Bertz CT molecular complexity index is 164. The molecule has 1 aliphatic rings. The van der Waals surface area contributed by atoms with Crippen molar-refractivity contribution in [1.82, 2.24) is 0 Å². The molecule has 0 amide bonds. The standard InChI is InChI=1S/C8H12O3/c1-6(9)11-8-4-2-7(10)3-5-8/h8H,2-5H2,1H3. The first-order valence-electron chi connectivity index (χ1n) is 3.87. The van der Waals surface area contributed by atoms with Crippen LogP contribution in [0.25, 0.3) is 0 Å². The molecule has 0 bridgehead atoms. The fourth-order valence-electron chi connectivity index (χ4n) is 1.27. The van der Waals surface area contributed by atoms with Gasteiger partial charge in [0.05, 0.1) is 0 Å². The Morgan fingerprint density at radius 3 is 2.45 bits per heavy atom. The highest BCUT2D eigenvalue weighted by atomic mass is 16.5. The fourth-order valence-corrected chi connectivity index (χ4v) is 1.27. The number of hydrogen-bond acceptors (Lipinski definition) is 3. The van der Waals surface area contributed by atoms with Crippen LogP contribution in [0.4, 0.5) is 0 Å². The first-order chi connectivity index (χ1) is 5.18. The van der Waals surface area contributed by atoms with Crippen LogP contribution in [0, 0.1) is 0 Å². The van der Waals surface area contributed by atoms with Crippen molar-refractivity contribution >= 4 is 11.8 Å². The van der Waals surface area contributed by atoms with Gasteiger partial charge in [-0.05, 0) is 12.8 Å². The van der Waals surface area contributed by atoms with Crippen LogP contribution in [0.15, 0.2) is 0 Å². The highest BCUT2D eigenvalue weighted by Crippen LogP contribution is 2.17. The molecule has 0 aromatic carbocycles. The Morgan fingerprint density at radius 2 is 2.00 bits per heavy atom. The number of carbonyl (C=O) groups is 2. The lowest BCUT2D eigenvalue weighted by Gasteiger charge is -2.20. The zero-order chi connectivity index (χ0) is 8.27. The largest absolute Gasteiger partial charge is 0.463 e. The average Bonchev–Trinajstić information content (AvgIpc) is 1.93. The summed E-state index contributed by atoms with van der Waals surface area (Å²) in [7, 11) is 0. The summed E-state index contributed by atoms with van der Waals surface area (Å²) >= 11 is 0. The van der Waals surface area contributed by atoms with Crippen LogP contribution in [0.1, 0.15) is 32.6 Å². The van der Waals surface area contributed by atoms with Crippen molar-refractivity contribution in [2.24, 2.45) is 0 Å². The molecular formula is C8H12O3. The Morgan fingerprint density at radius 1 is 1.45 bits per heavy atom. The number of esters is 1. The third-order valence-corrected chi connectivity index (χ3v) is 1.82. The monoisotopic (exact) mass is 156 g/mol. The summed E-state index contributed by atoms with van der Waals surface area (Å²) < 4.78 is 4.95. The smallest absolute Gasteiger partial charge is 0.302 e. The minimum absolute atomic E-state index is 0.00907. The minimum atomic E-state index is -0.246. The molecule has 3 nitrogen and oxygen atoms in total. The molecule has 0 aromatic rings. The van der Waals surface area contributed by atoms with Crippen molar-refractivity contribution in [3.63, 3.8) is 0 Å². The highest BCUT2D eigenvalue weighted by Gasteiger charge is 2.20. The normalized spacial score (nSPS) is 19.9. The molecule has 0 atom stereocenters. The summed E-state index contributed by atoms with van der Waals surface area (Å²) in [6.45, 7) is 1.40. The van der Waals surface area contributed by atoms with E-state index in [4.69, 9.17) is 4.74 Å². The van der Waals surface area contributed by atoms with Crippen LogP contribution in [-0.2, 0) is 14.3 Å². The maximum Gasteiger partial charge on any atom is 0.302 e. The maximum atomic E-state index is 10.8. The summed E-state index contributed by atoms with van der Waals surface area (Å²) in [6.07, 6.45) is 2.54. The van der Waals surface area contributed by atoms with E-state index in [1.165, 1.54) is 6.92 Å². The van der Waals surface area contributed by atoms with Crippen molar-refractivity contribution in [2.45, 2.75) is 38.7 Å². The van der Waals surface area contributed by atoms with Crippen molar-refractivity contribution < 1.29 is 14.3 Å². The van der Waals surface area contributed by atoms with Crippen molar-refractivity contribution in [3.8, 4) is 0 Å². The van der Waals surface area contributed by atoms with Gasteiger partial charge in [-0.2, -0.15) is 0 Å². The van der Waals surface area contributed by atoms with Crippen LogP contribution in [-0.4, -0.2) is 17.9 Å². The van der Waals surface area contributed by atoms with Gasteiger partial charge in [0.25, 0.3) is 0 Å². The lowest BCUT2D eigenvalue weighted by molar-refractivity contribution is -0.149. The molecule has 0 spiro atoms. The SMILES string of the molecule is CC(=O)OC1CCC(=O)CC1. The summed E-state index contributed by atoms with van der Waals surface area (Å²) in [5.74, 6) is 0.0396. The second-order valence-corrected chi connectivity index (χ2v) is 2.85. The number of hydrogen-bond donors (Lipinski definition) is 0. The minimum Gasteiger partial charge on any atom is -0.463 e. The van der Waals surface area contributed by atoms with Gasteiger partial charge in [0.2, 0.25) is 0 Å². The Hall–Kier alpha value is -0.860. The lowest BCUT2D eigenvalue weighted by atomic mass is 9.97. The number of ether oxygens (including phenoxy) is 1. The molecule has 62 valence electrons. The zero-order valence-electron chi connectivity index (χ0n) is 6.63. The van der Waals surface area contributed by atoms with Crippen molar-refractivity contribution in [1.29, 1.82) is 0 Å². The Labute approximate surface area is 65.7 Å². The van der Waals surface area contributed by atoms with E-state index in [0.717, 1.165) is 0 Å². The number of Topliss-reactive ketones (excluding diaryl/α,β-unsaturated/α-hetero) is 1. The topological polar surface area (TPSA) is 43.4 Å². The van der Waals surface area contributed by atoms with E-state index in [9.17, 15) is 9.59 Å². The van der Waals surface area contributed by atoms with Gasteiger partial charge in [-0.15, -0.1) is 0 Å². The number of carbonyl (C=O) groups excluding carboxylic acids is 2. The quantitative estimate of drug-likeness (QED) is 0.533. The molecule has 1 saturated carbocycles. The summed E-state index contributed by atoms with van der Waals surface area (Å²) in [5, 5.41) is 0. The molecule has 0 aliphatic heterocycles. The van der Waals surface area contributed by atoms with E-state index in [0.29, 0.717) is 25.7 Å². The van der Waals surface area contributed by atoms with Gasteiger partial charge in [-0.3, -0.25) is 9.59 Å². The van der Waals surface area contributed by atoms with Crippen LogP contribution < -0.4 is 0 Å². The maximum absolute atomic E-state index is 10.8. The third kappa shape index (κ3) is 2.70. The van der Waals surface area contributed by atoms with E-state index in [2.05, 4.69) is 0 Å². The first-order valence-corrected chi connectivity index (χ1v) is 3.87. The Kier molecular flexibility index (Phi) is 2.63. The lowest BCUT2D eigenvalue weighted by Crippen LogP contribution is -2.23. The van der Waals surface area contributed by atoms with Gasteiger partial charge in [0, 0.05) is 19.8 Å². The van der Waals surface area contributed by atoms with Gasteiger partial charge in [0.15, 0.2) is 0 Å². The van der Waals surface area contributed by atoms with E-state index >= 15 is 0 Å². The molecule has 1 aliphatic carbocycles. The molecule has 11 heavy (non-hydrogen) atoms.